The van der Waals surface area contributed by atoms with Crippen LogP contribution in [0.25, 0.3) is 0 Å². The van der Waals surface area contributed by atoms with E-state index in [4.69, 9.17) is 5.73 Å². The summed E-state index contributed by atoms with van der Waals surface area (Å²) in [5, 5.41) is 3.23. The summed E-state index contributed by atoms with van der Waals surface area (Å²) in [5.74, 6) is 1.73. The fraction of sp³-hybridized carbons (Fsp3) is 0.269. The number of nitrogens with one attached hydrogen (secondary N) is 1. The fourth-order valence-corrected chi connectivity index (χ4v) is 3.88. The molecule has 4 rings (SSSR count). The number of guanidine groups is 2. The summed E-state index contributed by atoms with van der Waals surface area (Å²) in [4.78, 5) is 26.5. The van der Waals surface area contributed by atoms with Gasteiger partial charge in [0.1, 0.15) is 0 Å². The van der Waals surface area contributed by atoms with Gasteiger partial charge in [-0.05, 0) is 35.5 Å². The van der Waals surface area contributed by atoms with Crippen molar-refractivity contribution in [2.24, 2.45) is 20.7 Å². The predicted molar refractivity (Wildman–Crippen MR) is 143 cm³/mol. The maximum absolute atomic E-state index is 5.75. The molecular weight excluding hydrogens is 438 g/mol. The van der Waals surface area contributed by atoms with Gasteiger partial charge < -0.3 is 20.9 Å². The number of hydrogen-bond donors (Lipinski definition) is 2. The Morgan fingerprint density at radius 1 is 0.971 bits per heavy atom. The second-order valence-corrected chi connectivity index (χ2v) is 8.17. The van der Waals surface area contributed by atoms with Gasteiger partial charge in [0.2, 0.25) is 17.9 Å². The lowest BCUT2D eigenvalue weighted by atomic mass is 10.1. The summed E-state index contributed by atoms with van der Waals surface area (Å²) in [7, 11) is 1.69. The molecule has 2 aromatic carbocycles. The zero-order valence-corrected chi connectivity index (χ0v) is 20.0. The van der Waals surface area contributed by atoms with Crippen LogP contribution in [0.1, 0.15) is 16.7 Å². The second-order valence-electron chi connectivity index (χ2n) is 8.17. The number of rotatable bonds is 5. The largest absolute Gasteiger partial charge is 0.337 e. The number of anilines is 2. The molecule has 0 unspecified atom stereocenters. The summed E-state index contributed by atoms with van der Waals surface area (Å²) in [6.45, 7) is 7.17. The minimum Gasteiger partial charge on any atom is -0.337 e. The smallest absolute Gasteiger partial charge is 0.228 e. The van der Waals surface area contributed by atoms with Crippen LogP contribution in [0.3, 0.4) is 0 Å². The van der Waals surface area contributed by atoms with E-state index in [2.05, 4.69) is 58.9 Å². The molecule has 1 saturated heterocycles. The summed E-state index contributed by atoms with van der Waals surface area (Å²) in [5.41, 5.74) is 9.99. The molecule has 0 atom stereocenters. The highest BCUT2D eigenvalue weighted by Crippen LogP contribution is 2.15. The van der Waals surface area contributed by atoms with Crippen LogP contribution in [0.4, 0.5) is 11.6 Å². The molecule has 0 saturated carbocycles. The maximum Gasteiger partial charge on any atom is 0.228 e. The predicted octanol–water partition coefficient (Wildman–Crippen LogP) is 2.80. The molecule has 1 aliphatic rings. The van der Waals surface area contributed by atoms with Gasteiger partial charge in [-0.25, -0.2) is 15.0 Å². The van der Waals surface area contributed by atoms with Gasteiger partial charge in [-0.2, -0.15) is 4.99 Å². The average molecular weight is 470 g/mol. The van der Waals surface area contributed by atoms with E-state index in [-0.39, 0.29) is 0 Å². The molecule has 9 nitrogen and oxygen atoms in total. The number of piperazine rings is 1. The molecule has 0 radical (unpaired) electrons. The van der Waals surface area contributed by atoms with Gasteiger partial charge in [0.15, 0.2) is 0 Å². The van der Waals surface area contributed by atoms with E-state index in [0.29, 0.717) is 18.5 Å². The SMILES string of the molecule is C=N/C(=N\C(=N/C)Nc1cccc(CN)c1)N1CCN(c2ncc(Cc3ccccc3)cn2)CC1. The molecule has 2 heterocycles. The number of aliphatic imine (C=N–C) groups is 3. The summed E-state index contributed by atoms with van der Waals surface area (Å²) >= 11 is 0. The molecule has 0 bridgehead atoms. The van der Waals surface area contributed by atoms with E-state index in [1.807, 2.05) is 54.9 Å². The molecule has 0 spiro atoms. The Morgan fingerprint density at radius 2 is 1.69 bits per heavy atom. The highest BCUT2D eigenvalue weighted by Gasteiger charge is 2.21. The van der Waals surface area contributed by atoms with E-state index >= 15 is 0 Å². The van der Waals surface area contributed by atoms with Crippen molar-refractivity contribution in [3.63, 3.8) is 0 Å². The third-order valence-corrected chi connectivity index (χ3v) is 5.77. The second kappa shape index (κ2) is 11.8. The van der Waals surface area contributed by atoms with E-state index in [1.165, 1.54) is 5.56 Å². The van der Waals surface area contributed by atoms with Gasteiger partial charge in [-0.1, -0.05) is 42.5 Å². The van der Waals surface area contributed by atoms with Crippen molar-refractivity contribution in [2.75, 3.05) is 43.4 Å². The van der Waals surface area contributed by atoms with Gasteiger partial charge in [0.25, 0.3) is 0 Å². The molecule has 35 heavy (non-hydrogen) atoms. The lowest BCUT2D eigenvalue weighted by Gasteiger charge is -2.35. The average Bonchev–Trinajstić information content (AvgIpc) is 2.92. The minimum atomic E-state index is 0.460. The van der Waals surface area contributed by atoms with Crippen molar-refractivity contribution < 1.29 is 0 Å². The molecule has 3 aromatic rings. The van der Waals surface area contributed by atoms with Gasteiger partial charge in [-0.3, -0.25) is 4.99 Å². The Balaban J connectivity index is 1.35. The first kappa shape index (κ1) is 24.0. The first-order valence-corrected chi connectivity index (χ1v) is 11.6. The monoisotopic (exact) mass is 469 g/mol. The van der Waals surface area contributed by atoms with Crippen LogP contribution in [0, 0.1) is 0 Å². The molecular formula is C26H31N9. The zero-order valence-electron chi connectivity index (χ0n) is 20.0. The third kappa shape index (κ3) is 6.48. The van der Waals surface area contributed by atoms with Crippen LogP contribution in [0.2, 0.25) is 0 Å². The van der Waals surface area contributed by atoms with Crippen LogP contribution < -0.4 is 16.0 Å². The minimum absolute atomic E-state index is 0.460. The number of aromatic nitrogens is 2. The standard InChI is InChI=1S/C26H31N9/c1-28-24(32-23-10-6-9-21(16-23)17-27)33-25(29-2)34-11-13-35(14-12-34)26-30-18-22(19-31-26)15-20-7-4-3-5-8-20/h3-10,16,18-19H,2,11-15,17,27H2,1H3,(H,28,32)/b33-25+. The first-order valence-electron chi connectivity index (χ1n) is 11.6. The molecule has 3 N–H and O–H groups in total. The summed E-state index contributed by atoms with van der Waals surface area (Å²) < 4.78 is 0. The molecule has 0 aliphatic carbocycles. The van der Waals surface area contributed by atoms with E-state index in [1.54, 1.807) is 7.05 Å². The van der Waals surface area contributed by atoms with Crippen LogP contribution >= 0.6 is 0 Å². The van der Waals surface area contributed by atoms with Crippen molar-refractivity contribution >= 4 is 30.3 Å². The molecule has 1 aromatic heterocycles. The summed E-state index contributed by atoms with van der Waals surface area (Å²) in [6, 6.07) is 18.2. The van der Waals surface area contributed by atoms with Gasteiger partial charge in [0.05, 0.1) is 0 Å². The van der Waals surface area contributed by atoms with Crippen molar-refractivity contribution in [1.82, 2.24) is 14.9 Å². The van der Waals surface area contributed by atoms with Crippen LogP contribution in [-0.2, 0) is 13.0 Å². The topological polar surface area (TPSA) is 107 Å². The Morgan fingerprint density at radius 3 is 2.34 bits per heavy atom. The number of hydrogen-bond acceptors (Lipinski definition) is 5. The quantitative estimate of drug-likeness (QED) is 0.440. The Kier molecular flexibility index (Phi) is 8.13. The normalized spacial score (nSPS) is 14.7. The zero-order chi connectivity index (χ0) is 24.5. The molecule has 1 fully saturated rings. The highest BCUT2D eigenvalue weighted by molar-refractivity contribution is 6.03. The Bertz CT molecular complexity index is 1160. The van der Waals surface area contributed by atoms with Crippen molar-refractivity contribution in [1.29, 1.82) is 0 Å². The molecule has 0 amide bonds. The lowest BCUT2D eigenvalue weighted by molar-refractivity contribution is 0.380. The van der Waals surface area contributed by atoms with Crippen LogP contribution in [-0.4, -0.2) is 66.7 Å². The van der Waals surface area contributed by atoms with Gasteiger partial charge in [-0.15, -0.1) is 0 Å². The molecule has 180 valence electrons. The van der Waals surface area contributed by atoms with E-state index in [9.17, 15) is 0 Å². The molecule has 9 heteroatoms. The van der Waals surface area contributed by atoms with E-state index < -0.39 is 0 Å². The lowest BCUT2D eigenvalue weighted by Crippen LogP contribution is -2.49. The fourth-order valence-electron chi connectivity index (χ4n) is 3.88. The Hall–Kier alpha value is -4.11. The van der Waals surface area contributed by atoms with Gasteiger partial charge in [0, 0.05) is 64.3 Å². The van der Waals surface area contributed by atoms with E-state index in [0.717, 1.165) is 55.4 Å². The third-order valence-electron chi connectivity index (χ3n) is 5.77. The Labute approximate surface area is 206 Å². The van der Waals surface area contributed by atoms with Crippen molar-refractivity contribution in [3.05, 3.63) is 83.7 Å². The first-order chi connectivity index (χ1) is 17.2. The summed E-state index contributed by atoms with van der Waals surface area (Å²) in [6.07, 6.45) is 4.65. The van der Waals surface area contributed by atoms with Crippen molar-refractivity contribution in [3.8, 4) is 0 Å². The van der Waals surface area contributed by atoms with Crippen molar-refractivity contribution in [2.45, 2.75) is 13.0 Å². The van der Waals surface area contributed by atoms with Gasteiger partial charge >= 0.3 is 0 Å². The van der Waals surface area contributed by atoms with Crippen LogP contribution in [0.5, 0.6) is 0 Å². The van der Waals surface area contributed by atoms with Crippen LogP contribution in [0.15, 0.2) is 82.0 Å². The highest BCUT2D eigenvalue weighted by atomic mass is 15.4. The molecule has 1 aliphatic heterocycles. The number of nitrogens with two attached hydrogens (primary N) is 1. The number of benzene rings is 2. The maximum atomic E-state index is 5.75. The number of nitrogens with zero attached hydrogens (tertiary/aromatic N) is 7.